The molecule has 0 saturated heterocycles. The predicted molar refractivity (Wildman–Crippen MR) is 69.3 cm³/mol. The fourth-order valence-electron chi connectivity index (χ4n) is 2.30. The highest BCUT2D eigenvalue weighted by Crippen LogP contribution is 2.42. The van der Waals surface area contributed by atoms with Gasteiger partial charge in [0.2, 0.25) is 0 Å². The van der Waals surface area contributed by atoms with Crippen LogP contribution in [0.25, 0.3) is 10.9 Å². The van der Waals surface area contributed by atoms with E-state index in [-0.39, 0.29) is 16.9 Å². The minimum absolute atomic E-state index is 0.0696. The maximum absolute atomic E-state index is 13.0. The Hall–Kier alpha value is -2.11. The third kappa shape index (κ3) is 2.21. The molecular weight excluding hydrogens is 268 g/mol. The summed E-state index contributed by atoms with van der Waals surface area (Å²) in [4.78, 5) is 15.1. The number of H-pyrrole nitrogens is 1. The van der Waals surface area contributed by atoms with Crippen molar-refractivity contribution in [2.45, 2.75) is 26.6 Å². The Bertz CT molecular complexity index is 737. The van der Waals surface area contributed by atoms with Crippen LogP contribution in [0, 0.1) is 5.92 Å². The number of fused-ring (bicyclic) bond motifs is 2. The standard InChI is InChI=1S/C14H13F2NO3/c1-7(2)3-8-4-11(18)9-5-12-13(6-10(9)17-8)20-14(15,16)19-12/h4-7H,3H2,1-2H3,(H,17,18). The van der Waals surface area contributed by atoms with Crippen LogP contribution in [0.4, 0.5) is 8.78 Å². The molecule has 1 aliphatic rings. The molecule has 2 heterocycles. The van der Waals surface area contributed by atoms with Crippen molar-refractivity contribution in [2.24, 2.45) is 5.92 Å². The molecule has 1 aliphatic heterocycles. The molecule has 0 unspecified atom stereocenters. The summed E-state index contributed by atoms with van der Waals surface area (Å²) in [5.41, 5.74) is 1.01. The van der Waals surface area contributed by atoms with E-state index < -0.39 is 6.29 Å². The number of hydrogen-bond donors (Lipinski definition) is 1. The number of halogens is 2. The van der Waals surface area contributed by atoms with Gasteiger partial charge >= 0.3 is 6.29 Å². The van der Waals surface area contributed by atoms with Crippen molar-refractivity contribution >= 4 is 10.9 Å². The molecule has 0 aliphatic carbocycles. The molecule has 0 radical (unpaired) electrons. The molecule has 1 aromatic carbocycles. The minimum Gasteiger partial charge on any atom is -0.395 e. The number of hydrogen-bond acceptors (Lipinski definition) is 3. The van der Waals surface area contributed by atoms with E-state index >= 15 is 0 Å². The fraction of sp³-hybridized carbons (Fsp3) is 0.357. The lowest BCUT2D eigenvalue weighted by molar-refractivity contribution is -0.286. The average Bonchev–Trinajstić information content (AvgIpc) is 2.58. The van der Waals surface area contributed by atoms with Gasteiger partial charge in [-0.1, -0.05) is 13.8 Å². The molecule has 0 spiro atoms. The first-order valence-corrected chi connectivity index (χ1v) is 6.30. The maximum atomic E-state index is 13.0. The van der Waals surface area contributed by atoms with E-state index in [1.165, 1.54) is 18.2 Å². The summed E-state index contributed by atoms with van der Waals surface area (Å²) in [7, 11) is 0. The lowest BCUT2D eigenvalue weighted by atomic mass is 10.1. The van der Waals surface area contributed by atoms with Crippen LogP contribution in [0.5, 0.6) is 11.5 Å². The number of benzene rings is 1. The summed E-state index contributed by atoms with van der Waals surface area (Å²) < 4.78 is 34.7. The number of nitrogens with one attached hydrogen (secondary N) is 1. The van der Waals surface area contributed by atoms with Crippen molar-refractivity contribution in [1.82, 2.24) is 4.98 Å². The SMILES string of the molecule is CC(C)Cc1cc(=O)c2cc3c(cc2[nH]1)OC(F)(F)O3. The third-order valence-corrected chi connectivity index (χ3v) is 3.04. The van der Waals surface area contributed by atoms with E-state index in [1.807, 2.05) is 13.8 Å². The minimum atomic E-state index is -3.68. The molecule has 6 heteroatoms. The maximum Gasteiger partial charge on any atom is 0.586 e. The lowest BCUT2D eigenvalue weighted by Gasteiger charge is -2.07. The molecule has 1 N–H and O–H groups in total. The Kier molecular flexibility index (Phi) is 2.70. The van der Waals surface area contributed by atoms with Gasteiger partial charge in [-0.3, -0.25) is 4.79 Å². The molecule has 20 heavy (non-hydrogen) atoms. The predicted octanol–water partition coefficient (Wildman–Crippen LogP) is 3.05. The monoisotopic (exact) mass is 281 g/mol. The average molecular weight is 281 g/mol. The highest BCUT2D eigenvalue weighted by atomic mass is 19.3. The van der Waals surface area contributed by atoms with Crippen LogP contribution in [-0.4, -0.2) is 11.3 Å². The Labute approximate surface area is 113 Å². The number of ether oxygens (including phenoxy) is 2. The smallest absolute Gasteiger partial charge is 0.395 e. The zero-order valence-corrected chi connectivity index (χ0v) is 11.0. The molecular formula is C14H13F2NO3. The van der Waals surface area contributed by atoms with Crippen molar-refractivity contribution < 1.29 is 18.3 Å². The van der Waals surface area contributed by atoms with Crippen molar-refractivity contribution in [3.8, 4) is 11.5 Å². The van der Waals surface area contributed by atoms with E-state index in [0.717, 1.165) is 5.69 Å². The molecule has 0 atom stereocenters. The number of aromatic nitrogens is 1. The number of aromatic amines is 1. The highest BCUT2D eigenvalue weighted by Gasteiger charge is 2.43. The Balaban J connectivity index is 2.14. The first-order chi connectivity index (χ1) is 9.34. The Morgan fingerprint density at radius 3 is 2.50 bits per heavy atom. The van der Waals surface area contributed by atoms with Crippen LogP contribution in [0.3, 0.4) is 0 Å². The molecule has 0 fully saturated rings. The summed E-state index contributed by atoms with van der Waals surface area (Å²) >= 11 is 0. The molecule has 1 aromatic heterocycles. The summed E-state index contributed by atoms with van der Waals surface area (Å²) in [5.74, 6) is 0.186. The molecule has 4 nitrogen and oxygen atoms in total. The van der Waals surface area contributed by atoms with Crippen LogP contribution in [0.1, 0.15) is 19.5 Å². The van der Waals surface area contributed by atoms with Crippen LogP contribution in [0.2, 0.25) is 0 Å². The zero-order valence-electron chi connectivity index (χ0n) is 11.0. The molecule has 0 bridgehead atoms. The van der Waals surface area contributed by atoms with Gasteiger partial charge < -0.3 is 14.5 Å². The van der Waals surface area contributed by atoms with Crippen molar-refractivity contribution in [3.05, 3.63) is 34.1 Å². The van der Waals surface area contributed by atoms with Gasteiger partial charge in [0.1, 0.15) is 0 Å². The van der Waals surface area contributed by atoms with Crippen LogP contribution in [-0.2, 0) is 6.42 Å². The van der Waals surface area contributed by atoms with E-state index in [0.29, 0.717) is 23.2 Å². The van der Waals surface area contributed by atoms with E-state index in [2.05, 4.69) is 14.5 Å². The molecule has 2 aromatic rings. The molecule has 0 amide bonds. The topological polar surface area (TPSA) is 51.3 Å². The van der Waals surface area contributed by atoms with Crippen molar-refractivity contribution in [3.63, 3.8) is 0 Å². The van der Waals surface area contributed by atoms with E-state index in [1.54, 1.807) is 0 Å². The molecule has 3 rings (SSSR count). The highest BCUT2D eigenvalue weighted by molar-refractivity contribution is 5.83. The number of rotatable bonds is 2. The van der Waals surface area contributed by atoms with Crippen LogP contribution >= 0.6 is 0 Å². The Morgan fingerprint density at radius 2 is 1.85 bits per heavy atom. The van der Waals surface area contributed by atoms with Gasteiger partial charge in [0.15, 0.2) is 16.9 Å². The molecule has 106 valence electrons. The van der Waals surface area contributed by atoms with E-state index in [9.17, 15) is 13.6 Å². The summed E-state index contributed by atoms with van der Waals surface area (Å²) in [5, 5.41) is 0.303. The van der Waals surface area contributed by atoms with E-state index in [4.69, 9.17) is 0 Å². The van der Waals surface area contributed by atoms with Crippen LogP contribution < -0.4 is 14.9 Å². The fourth-order valence-corrected chi connectivity index (χ4v) is 2.30. The van der Waals surface area contributed by atoms with Gasteiger partial charge in [-0.05, 0) is 18.4 Å². The normalized spacial score (nSPS) is 16.1. The number of pyridine rings is 1. The first kappa shape index (κ1) is 12.9. The van der Waals surface area contributed by atoms with Gasteiger partial charge in [-0.25, -0.2) is 0 Å². The second-order valence-electron chi connectivity index (χ2n) is 5.27. The summed E-state index contributed by atoms with van der Waals surface area (Å²) in [6, 6.07) is 4.14. The number of alkyl halides is 2. The second kappa shape index (κ2) is 4.19. The van der Waals surface area contributed by atoms with Gasteiger partial charge in [0, 0.05) is 23.2 Å². The summed E-state index contributed by atoms with van der Waals surface area (Å²) in [6.07, 6.45) is -2.97. The summed E-state index contributed by atoms with van der Waals surface area (Å²) in [6.45, 7) is 4.06. The first-order valence-electron chi connectivity index (χ1n) is 6.30. The van der Waals surface area contributed by atoms with Gasteiger partial charge in [-0.2, -0.15) is 0 Å². The third-order valence-electron chi connectivity index (χ3n) is 3.04. The van der Waals surface area contributed by atoms with Gasteiger partial charge in [0.05, 0.1) is 5.52 Å². The van der Waals surface area contributed by atoms with Crippen molar-refractivity contribution in [1.29, 1.82) is 0 Å². The molecule has 0 saturated carbocycles. The van der Waals surface area contributed by atoms with Gasteiger partial charge in [-0.15, -0.1) is 8.78 Å². The quantitative estimate of drug-likeness (QED) is 0.920. The zero-order chi connectivity index (χ0) is 14.5. The van der Waals surface area contributed by atoms with Gasteiger partial charge in [0.25, 0.3) is 0 Å². The van der Waals surface area contributed by atoms with Crippen LogP contribution in [0.15, 0.2) is 23.0 Å². The largest absolute Gasteiger partial charge is 0.586 e. The Morgan fingerprint density at radius 1 is 1.20 bits per heavy atom. The van der Waals surface area contributed by atoms with Crippen molar-refractivity contribution in [2.75, 3.05) is 0 Å². The second-order valence-corrected chi connectivity index (χ2v) is 5.27. The lowest BCUT2D eigenvalue weighted by Crippen LogP contribution is -2.25.